The molecule has 2 aromatic heterocycles. The molecule has 3 aromatic carbocycles. The number of hydrogen-bond acceptors (Lipinski definition) is 6. The van der Waals surface area contributed by atoms with Gasteiger partial charge in [0.15, 0.2) is 5.82 Å². The Balaban J connectivity index is 1.41. The van der Waals surface area contributed by atoms with E-state index in [2.05, 4.69) is 10.5 Å². The highest BCUT2D eigenvalue weighted by Gasteiger charge is 2.26. The van der Waals surface area contributed by atoms with Crippen LogP contribution in [0.25, 0.3) is 21.7 Å². The number of carbonyl (C=O) groups excluding carboxylic acids is 2. The Morgan fingerprint density at radius 3 is 2.61 bits per heavy atom. The van der Waals surface area contributed by atoms with Gasteiger partial charge < -0.3 is 19.0 Å². The number of hydrogen-bond donors (Lipinski definition) is 1. The van der Waals surface area contributed by atoms with Crippen LogP contribution in [-0.2, 0) is 20.7 Å². The summed E-state index contributed by atoms with van der Waals surface area (Å²) in [5.74, 6) is -0.268. The summed E-state index contributed by atoms with van der Waals surface area (Å²) in [5, 5.41) is 9.32. The van der Waals surface area contributed by atoms with E-state index >= 15 is 0 Å². The van der Waals surface area contributed by atoms with E-state index in [1.54, 1.807) is 43.5 Å². The van der Waals surface area contributed by atoms with E-state index in [1.807, 2.05) is 42.5 Å². The Morgan fingerprint density at radius 1 is 1.03 bits per heavy atom. The summed E-state index contributed by atoms with van der Waals surface area (Å²) < 4.78 is 16.3. The van der Waals surface area contributed by atoms with Gasteiger partial charge in [-0.2, -0.15) is 0 Å². The molecule has 0 aliphatic heterocycles. The van der Waals surface area contributed by atoms with Crippen molar-refractivity contribution in [3.05, 3.63) is 95.9 Å². The normalized spacial score (nSPS) is 12.0. The lowest BCUT2D eigenvalue weighted by molar-refractivity contribution is -0.154. The molecule has 1 atom stereocenters. The van der Waals surface area contributed by atoms with Crippen LogP contribution in [0, 0.1) is 6.92 Å². The number of aromatic nitrogens is 1. The van der Waals surface area contributed by atoms with E-state index in [0.717, 1.165) is 16.2 Å². The number of amides is 1. The van der Waals surface area contributed by atoms with Crippen LogP contribution in [0.2, 0.25) is 0 Å². The first-order valence-corrected chi connectivity index (χ1v) is 10.4. The predicted octanol–water partition coefficient (Wildman–Crippen LogP) is 5.35. The molecule has 5 rings (SSSR count). The van der Waals surface area contributed by atoms with Crippen molar-refractivity contribution in [1.82, 2.24) is 5.16 Å². The number of benzene rings is 3. The Labute approximate surface area is 188 Å². The van der Waals surface area contributed by atoms with Crippen LogP contribution in [0.15, 0.2) is 88.0 Å². The fraction of sp³-hybridized carbons (Fsp3) is 0.115. The van der Waals surface area contributed by atoms with Crippen LogP contribution in [0.4, 0.5) is 5.82 Å². The van der Waals surface area contributed by atoms with Gasteiger partial charge in [0.25, 0.3) is 5.91 Å². The number of anilines is 1. The molecule has 0 bridgehead atoms. The second kappa shape index (κ2) is 8.63. The summed E-state index contributed by atoms with van der Waals surface area (Å²) >= 11 is 0. The molecule has 5 aromatic rings. The lowest BCUT2D eigenvalue weighted by Crippen LogP contribution is -2.26. The number of rotatable bonds is 6. The monoisotopic (exact) mass is 440 g/mol. The Bertz CT molecular complexity index is 1450. The van der Waals surface area contributed by atoms with Crippen molar-refractivity contribution in [1.29, 1.82) is 0 Å². The van der Waals surface area contributed by atoms with E-state index in [9.17, 15) is 9.59 Å². The molecule has 2 heterocycles. The van der Waals surface area contributed by atoms with Gasteiger partial charge in [-0.1, -0.05) is 65.8 Å². The number of fused-ring (bicyclic) bond motifs is 3. The van der Waals surface area contributed by atoms with Crippen molar-refractivity contribution in [2.24, 2.45) is 0 Å². The van der Waals surface area contributed by atoms with Gasteiger partial charge in [0.2, 0.25) is 6.10 Å². The van der Waals surface area contributed by atoms with Gasteiger partial charge in [0.05, 0.1) is 12.7 Å². The lowest BCUT2D eigenvalue weighted by atomic mass is 10.0. The Kier molecular flexibility index (Phi) is 5.36. The van der Waals surface area contributed by atoms with Crippen LogP contribution in [0.1, 0.15) is 23.0 Å². The number of aryl methyl sites for hydroxylation is 1. The number of furan rings is 1. The molecular weight excluding hydrogens is 420 g/mol. The molecule has 7 heteroatoms. The fourth-order valence-corrected chi connectivity index (χ4v) is 3.85. The van der Waals surface area contributed by atoms with Crippen molar-refractivity contribution < 1.29 is 23.3 Å². The van der Waals surface area contributed by atoms with Gasteiger partial charge in [0, 0.05) is 22.6 Å². The smallest absolute Gasteiger partial charge is 0.311 e. The van der Waals surface area contributed by atoms with Gasteiger partial charge in [-0.3, -0.25) is 9.59 Å². The van der Waals surface area contributed by atoms with Crippen LogP contribution in [0.5, 0.6) is 0 Å². The minimum absolute atomic E-state index is 0.0410. The highest BCUT2D eigenvalue weighted by Crippen LogP contribution is 2.31. The molecule has 164 valence electrons. The zero-order chi connectivity index (χ0) is 22.8. The maximum atomic E-state index is 13.0. The van der Waals surface area contributed by atoms with Crippen LogP contribution in [0.3, 0.4) is 0 Å². The van der Waals surface area contributed by atoms with Gasteiger partial charge in [0.1, 0.15) is 11.3 Å². The van der Waals surface area contributed by atoms with Crippen molar-refractivity contribution in [2.75, 3.05) is 5.32 Å². The third kappa shape index (κ3) is 4.21. The van der Waals surface area contributed by atoms with E-state index in [0.29, 0.717) is 22.5 Å². The molecule has 1 unspecified atom stereocenters. The van der Waals surface area contributed by atoms with Crippen molar-refractivity contribution in [3.63, 3.8) is 0 Å². The molecule has 0 spiro atoms. The minimum atomic E-state index is -1.15. The molecule has 0 fully saturated rings. The largest absolute Gasteiger partial charge is 0.464 e. The number of carbonyl (C=O) groups is 2. The fourth-order valence-electron chi connectivity index (χ4n) is 3.85. The van der Waals surface area contributed by atoms with E-state index < -0.39 is 18.0 Å². The standard InChI is InChI=1S/C26H20N2O5/c1-16-13-22(28-33-16)27-26(30)25(18-8-3-2-4-9-18)32-23(29)14-19-15-31-21-12-11-17-7-5-6-10-20(17)24(19)21/h2-13,15,25H,14H2,1H3,(H,27,28,30). The second-order valence-corrected chi connectivity index (χ2v) is 7.69. The van der Waals surface area contributed by atoms with Crippen LogP contribution < -0.4 is 5.32 Å². The average molecular weight is 440 g/mol. The average Bonchev–Trinajstić information content (AvgIpc) is 3.43. The van der Waals surface area contributed by atoms with Crippen molar-refractivity contribution in [3.8, 4) is 0 Å². The van der Waals surface area contributed by atoms with Crippen molar-refractivity contribution in [2.45, 2.75) is 19.4 Å². The summed E-state index contributed by atoms with van der Waals surface area (Å²) in [6, 6.07) is 22.2. The second-order valence-electron chi connectivity index (χ2n) is 7.69. The SMILES string of the molecule is Cc1cc(NC(=O)C(OC(=O)Cc2coc3ccc4ccccc4c23)c2ccccc2)no1. The molecule has 0 aliphatic rings. The molecule has 33 heavy (non-hydrogen) atoms. The molecular formula is C26H20N2O5. The molecule has 0 aliphatic carbocycles. The summed E-state index contributed by atoms with van der Waals surface area (Å²) in [5.41, 5.74) is 1.94. The summed E-state index contributed by atoms with van der Waals surface area (Å²) in [6.07, 6.45) is 0.375. The maximum Gasteiger partial charge on any atom is 0.311 e. The minimum Gasteiger partial charge on any atom is -0.464 e. The summed E-state index contributed by atoms with van der Waals surface area (Å²) in [4.78, 5) is 25.9. The molecule has 0 radical (unpaired) electrons. The topological polar surface area (TPSA) is 94.6 Å². The van der Waals surface area contributed by atoms with E-state index in [1.165, 1.54) is 0 Å². The number of nitrogens with one attached hydrogen (secondary N) is 1. The number of esters is 1. The molecule has 1 amide bonds. The zero-order valence-electron chi connectivity index (χ0n) is 17.8. The van der Waals surface area contributed by atoms with Crippen LogP contribution in [-0.4, -0.2) is 17.0 Å². The Hall–Kier alpha value is -4.39. The summed E-state index contributed by atoms with van der Waals surface area (Å²) in [7, 11) is 0. The molecule has 7 nitrogen and oxygen atoms in total. The molecule has 1 N–H and O–H groups in total. The van der Waals surface area contributed by atoms with Crippen molar-refractivity contribution >= 4 is 39.4 Å². The highest BCUT2D eigenvalue weighted by molar-refractivity contribution is 6.08. The Morgan fingerprint density at radius 2 is 1.82 bits per heavy atom. The molecule has 0 saturated carbocycles. The first-order valence-electron chi connectivity index (χ1n) is 10.4. The lowest BCUT2D eigenvalue weighted by Gasteiger charge is -2.17. The predicted molar refractivity (Wildman–Crippen MR) is 123 cm³/mol. The van der Waals surface area contributed by atoms with Gasteiger partial charge in [-0.25, -0.2) is 0 Å². The third-order valence-electron chi connectivity index (χ3n) is 5.34. The zero-order valence-corrected chi connectivity index (χ0v) is 17.8. The quantitative estimate of drug-likeness (QED) is 0.358. The first-order chi connectivity index (χ1) is 16.1. The van der Waals surface area contributed by atoms with Gasteiger partial charge in [-0.05, 0) is 23.8 Å². The van der Waals surface area contributed by atoms with Gasteiger partial charge >= 0.3 is 5.97 Å². The van der Waals surface area contributed by atoms with Crippen LogP contribution >= 0.6 is 0 Å². The molecule has 0 saturated heterocycles. The third-order valence-corrected chi connectivity index (χ3v) is 5.34. The number of ether oxygens (including phenoxy) is 1. The van der Waals surface area contributed by atoms with Gasteiger partial charge in [-0.15, -0.1) is 0 Å². The summed E-state index contributed by atoms with van der Waals surface area (Å²) in [6.45, 7) is 1.72. The van der Waals surface area contributed by atoms with E-state index in [4.69, 9.17) is 13.7 Å². The highest BCUT2D eigenvalue weighted by atomic mass is 16.5. The van der Waals surface area contributed by atoms with E-state index in [-0.39, 0.29) is 12.2 Å². The number of nitrogens with zero attached hydrogens (tertiary/aromatic N) is 1. The maximum absolute atomic E-state index is 13.0. The first kappa shape index (κ1) is 20.5.